The Labute approximate surface area is 134 Å². The summed E-state index contributed by atoms with van der Waals surface area (Å²) in [5.41, 5.74) is 0.107. The Morgan fingerprint density at radius 1 is 1.43 bits per heavy atom. The molecule has 1 saturated heterocycles. The number of carbonyl (C=O) groups excluding carboxylic acids is 1. The van der Waals surface area contributed by atoms with Crippen LogP contribution in [0.2, 0.25) is 10.3 Å². The maximum atomic E-state index is 12.3. The van der Waals surface area contributed by atoms with Crippen LogP contribution in [0.4, 0.5) is 0 Å². The molecule has 1 amide bonds. The largest absolute Gasteiger partial charge is 0.375 e. The van der Waals surface area contributed by atoms with E-state index < -0.39 is 0 Å². The minimum absolute atomic E-state index is 0.0567. The van der Waals surface area contributed by atoms with Crippen molar-refractivity contribution in [3.8, 4) is 0 Å². The highest BCUT2D eigenvalue weighted by atomic mass is 35.5. The summed E-state index contributed by atoms with van der Waals surface area (Å²) >= 11 is 11.7. The molecule has 0 spiro atoms. The highest BCUT2D eigenvalue weighted by Crippen LogP contribution is 2.31. The van der Waals surface area contributed by atoms with Crippen LogP contribution in [0.25, 0.3) is 0 Å². The smallest absolute Gasteiger partial charge is 0.254 e. The van der Waals surface area contributed by atoms with Crippen molar-refractivity contribution in [3.05, 3.63) is 21.9 Å². The maximum absolute atomic E-state index is 12.3. The predicted molar refractivity (Wildman–Crippen MR) is 81.8 cm³/mol. The Hall–Kier alpha value is -0.910. The fourth-order valence-electron chi connectivity index (χ4n) is 2.67. The van der Waals surface area contributed by atoms with Gasteiger partial charge in [0.05, 0.1) is 11.2 Å². The zero-order valence-corrected chi connectivity index (χ0v) is 13.7. The molecule has 7 heteroatoms. The molecule has 1 aliphatic heterocycles. The van der Waals surface area contributed by atoms with Crippen LogP contribution in [0.1, 0.15) is 49.9 Å². The molecule has 0 bridgehead atoms. The molecule has 1 aliphatic rings. The highest BCUT2D eigenvalue weighted by molar-refractivity contribution is 6.34. The summed E-state index contributed by atoms with van der Waals surface area (Å²) in [5.74, 6) is -0.273. The van der Waals surface area contributed by atoms with Gasteiger partial charge < -0.3 is 10.1 Å². The number of aromatic nitrogens is 2. The molecule has 21 heavy (non-hydrogen) atoms. The van der Waals surface area contributed by atoms with Crippen molar-refractivity contribution in [2.24, 2.45) is 0 Å². The van der Waals surface area contributed by atoms with Crippen LogP contribution in [0.3, 0.4) is 0 Å². The third-order valence-corrected chi connectivity index (χ3v) is 4.54. The van der Waals surface area contributed by atoms with E-state index >= 15 is 0 Å². The first-order valence-corrected chi connectivity index (χ1v) is 7.89. The van der Waals surface area contributed by atoms with E-state index in [4.69, 9.17) is 27.9 Å². The zero-order chi connectivity index (χ0) is 15.5. The summed E-state index contributed by atoms with van der Waals surface area (Å²) < 4.78 is 5.90. The van der Waals surface area contributed by atoms with Crippen molar-refractivity contribution in [2.45, 2.75) is 51.2 Å². The van der Waals surface area contributed by atoms with Gasteiger partial charge in [0.2, 0.25) is 0 Å². The lowest BCUT2D eigenvalue weighted by molar-refractivity contribution is -0.0917. The molecule has 1 fully saturated rings. The number of carbonyl (C=O) groups is 1. The molecule has 2 rings (SSSR count). The summed E-state index contributed by atoms with van der Waals surface area (Å²) in [6.45, 7) is 4.87. The van der Waals surface area contributed by atoms with Crippen molar-refractivity contribution < 1.29 is 9.53 Å². The lowest BCUT2D eigenvalue weighted by Gasteiger charge is -2.40. The minimum atomic E-state index is -0.273. The SMILES string of the molecule is CCC1(CC)CC(NC(=O)c2cc(Cl)nnc2Cl)CCO1. The lowest BCUT2D eigenvalue weighted by atomic mass is 9.86. The first-order chi connectivity index (χ1) is 9.99. The van der Waals surface area contributed by atoms with Crippen molar-refractivity contribution in [3.63, 3.8) is 0 Å². The zero-order valence-electron chi connectivity index (χ0n) is 12.2. The van der Waals surface area contributed by atoms with E-state index in [9.17, 15) is 4.79 Å². The number of hydrogen-bond donors (Lipinski definition) is 1. The van der Waals surface area contributed by atoms with Gasteiger partial charge in [0.1, 0.15) is 0 Å². The Kier molecular flexibility index (Phi) is 5.41. The molecule has 0 aromatic carbocycles. The third-order valence-electron chi connectivity index (χ3n) is 4.08. The second-order valence-electron chi connectivity index (χ2n) is 5.27. The van der Waals surface area contributed by atoms with Crippen molar-refractivity contribution in [2.75, 3.05) is 6.61 Å². The number of nitrogens with zero attached hydrogens (tertiary/aromatic N) is 2. The summed E-state index contributed by atoms with van der Waals surface area (Å²) in [5, 5.41) is 10.5. The van der Waals surface area contributed by atoms with E-state index in [2.05, 4.69) is 29.4 Å². The second-order valence-corrected chi connectivity index (χ2v) is 6.02. The molecule has 0 radical (unpaired) electrons. The molecule has 1 N–H and O–H groups in total. The van der Waals surface area contributed by atoms with E-state index in [1.807, 2.05) is 0 Å². The van der Waals surface area contributed by atoms with Gasteiger partial charge in [-0.05, 0) is 31.7 Å². The Morgan fingerprint density at radius 3 is 2.81 bits per heavy atom. The van der Waals surface area contributed by atoms with Crippen LogP contribution < -0.4 is 5.32 Å². The third kappa shape index (κ3) is 3.84. The van der Waals surface area contributed by atoms with Crippen LogP contribution >= 0.6 is 23.2 Å². The van der Waals surface area contributed by atoms with E-state index in [-0.39, 0.29) is 33.4 Å². The van der Waals surface area contributed by atoms with Crippen molar-refractivity contribution in [1.82, 2.24) is 15.5 Å². The molecular weight excluding hydrogens is 313 g/mol. The van der Waals surface area contributed by atoms with Gasteiger partial charge in [-0.25, -0.2) is 0 Å². The topological polar surface area (TPSA) is 64.1 Å². The first-order valence-electron chi connectivity index (χ1n) is 7.13. The number of nitrogens with one attached hydrogen (secondary N) is 1. The minimum Gasteiger partial charge on any atom is -0.375 e. The molecule has 116 valence electrons. The molecule has 0 aliphatic carbocycles. The summed E-state index contributed by atoms with van der Waals surface area (Å²) in [6.07, 6.45) is 3.45. The van der Waals surface area contributed by atoms with Gasteiger partial charge in [-0.15, -0.1) is 10.2 Å². The molecule has 2 heterocycles. The Balaban J connectivity index is 2.07. The van der Waals surface area contributed by atoms with E-state index in [0.29, 0.717) is 6.61 Å². The fourth-order valence-corrected chi connectivity index (χ4v) is 2.99. The number of hydrogen-bond acceptors (Lipinski definition) is 4. The number of amides is 1. The lowest BCUT2D eigenvalue weighted by Crippen LogP contribution is -2.48. The summed E-state index contributed by atoms with van der Waals surface area (Å²) in [6, 6.07) is 1.49. The number of ether oxygens (including phenoxy) is 1. The molecule has 1 atom stereocenters. The van der Waals surface area contributed by atoms with Crippen LogP contribution in [-0.2, 0) is 4.74 Å². The predicted octanol–water partition coefficient (Wildman–Crippen LogP) is 3.25. The van der Waals surface area contributed by atoms with Gasteiger partial charge >= 0.3 is 0 Å². The van der Waals surface area contributed by atoms with Crippen LogP contribution in [0.5, 0.6) is 0 Å². The first kappa shape index (κ1) is 16.5. The Bertz CT molecular complexity index is 521. The molecule has 1 unspecified atom stereocenters. The quantitative estimate of drug-likeness (QED) is 0.919. The Morgan fingerprint density at radius 2 is 2.14 bits per heavy atom. The fraction of sp³-hybridized carbons (Fsp3) is 0.643. The normalized spacial score (nSPS) is 21.0. The van der Waals surface area contributed by atoms with E-state index in [1.54, 1.807) is 0 Å². The van der Waals surface area contributed by atoms with Gasteiger partial charge in [0.15, 0.2) is 10.3 Å². The van der Waals surface area contributed by atoms with Crippen LogP contribution in [0.15, 0.2) is 6.07 Å². The van der Waals surface area contributed by atoms with Crippen LogP contribution in [0, 0.1) is 0 Å². The molecular formula is C14H19Cl2N3O2. The maximum Gasteiger partial charge on any atom is 0.254 e. The van der Waals surface area contributed by atoms with Gasteiger partial charge in [-0.1, -0.05) is 37.0 Å². The van der Waals surface area contributed by atoms with Gasteiger partial charge in [-0.2, -0.15) is 0 Å². The number of halogens is 2. The second kappa shape index (κ2) is 6.90. The molecule has 0 saturated carbocycles. The van der Waals surface area contributed by atoms with E-state index in [1.165, 1.54) is 6.07 Å². The monoisotopic (exact) mass is 331 g/mol. The highest BCUT2D eigenvalue weighted by Gasteiger charge is 2.35. The van der Waals surface area contributed by atoms with E-state index in [0.717, 1.165) is 25.7 Å². The summed E-state index contributed by atoms with van der Waals surface area (Å²) in [7, 11) is 0. The van der Waals surface area contributed by atoms with Gasteiger partial charge in [0, 0.05) is 12.6 Å². The molecule has 1 aromatic rings. The average Bonchev–Trinajstić information content (AvgIpc) is 2.49. The molecule has 5 nitrogen and oxygen atoms in total. The van der Waals surface area contributed by atoms with Crippen molar-refractivity contribution >= 4 is 29.1 Å². The molecule has 1 aromatic heterocycles. The summed E-state index contributed by atoms with van der Waals surface area (Å²) in [4.78, 5) is 12.3. The van der Waals surface area contributed by atoms with Crippen LogP contribution in [-0.4, -0.2) is 34.4 Å². The van der Waals surface area contributed by atoms with Gasteiger partial charge in [-0.3, -0.25) is 4.79 Å². The standard InChI is InChI=1S/C14H19Cl2N3O2/c1-3-14(4-2)8-9(5-6-21-14)17-13(20)10-7-11(15)18-19-12(10)16/h7,9H,3-6,8H2,1-2H3,(H,17,20). The number of rotatable bonds is 4. The average molecular weight is 332 g/mol. The van der Waals surface area contributed by atoms with Crippen molar-refractivity contribution in [1.29, 1.82) is 0 Å². The van der Waals surface area contributed by atoms with Gasteiger partial charge in [0.25, 0.3) is 5.91 Å².